The molecule has 2 aromatic carbocycles. The largest absolute Gasteiger partial charge is 0.346 e. The van der Waals surface area contributed by atoms with Crippen molar-refractivity contribution in [3.8, 4) is 0 Å². The van der Waals surface area contributed by atoms with Crippen molar-refractivity contribution in [2.45, 2.75) is 59.3 Å². The average Bonchev–Trinajstić information content (AvgIpc) is 3.42. The van der Waals surface area contributed by atoms with Gasteiger partial charge in [0.05, 0.1) is 11.0 Å². The number of hydrogen-bond donors (Lipinski definition) is 1. The first-order valence-electron chi connectivity index (χ1n) is 13.5. The summed E-state index contributed by atoms with van der Waals surface area (Å²) in [5.74, 6) is 1.69. The molecule has 6 rings (SSSR count). The number of fused-ring (bicyclic) bond motifs is 3. The zero-order valence-corrected chi connectivity index (χ0v) is 23.3. The molecule has 0 aliphatic rings. The van der Waals surface area contributed by atoms with E-state index >= 15 is 0 Å². The fraction of sp³-hybridized carbons (Fsp3) is 0.265. The quantitative estimate of drug-likeness (QED) is 0.262. The van der Waals surface area contributed by atoms with E-state index in [2.05, 4.69) is 122 Å². The van der Waals surface area contributed by atoms with Gasteiger partial charge in [-0.3, -0.25) is 9.97 Å². The molecule has 0 aliphatic heterocycles. The summed E-state index contributed by atoms with van der Waals surface area (Å²) >= 11 is 0. The van der Waals surface area contributed by atoms with Gasteiger partial charge >= 0.3 is 0 Å². The summed E-state index contributed by atoms with van der Waals surface area (Å²) in [5.41, 5.74) is 7.29. The number of nitrogens with zero attached hydrogens (tertiary/aromatic N) is 3. The molecule has 4 aromatic heterocycles. The van der Waals surface area contributed by atoms with Gasteiger partial charge in [0, 0.05) is 40.9 Å². The number of benzene rings is 2. The highest BCUT2D eigenvalue weighted by Crippen LogP contribution is 2.25. The molecule has 0 spiro atoms. The van der Waals surface area contributed by atoms with Crippen molar-refractivity contribution in [3.63, 3.8) is 0 Å². The van der Waals surface area contributed by atoms with Gasteiger partial charge in [0.25, 0.3) is 0 Å². The molecule has 1 N–H and O–H groups in total. The van der Waals surface area contributed by atoms with E-state index in [9.17, 15) is 0 Å². The Morgan fingerprint density at radius 3 is 1.68 bits per heavy atom. The van der Waals surface area contributed by atoms with Gasteiger partial charge in [-0.15, -0.1) is 0 Å². The summed E-state index contributed by atoms with van der Waals surface area (Å²) in [5, 5.41) is 3.80. The molecule has 0 fully saturated rings. The number of rotatable bonds is 3. The summed E-state index contributed by atoms with van der Waals surface area (Å²) in [6.45, 7) is 13.2. The number of aromatic amines is 1. The number of pyridine rings is 3. The summed E-state index contributed by atoms with van der Waals surface area (Å²) in [7, 11) is 0. The number of para-hydroxylation sites is 1. The Hall–Kier alpha value is -4.05. The van der Waals surface area contributed by atoms with E-state index in [0.717, 1.165) is 16.7 Å². The van der Waals surface area contributed by atoms with Crippen LogP contribution in [0.25, 0.3) is 32.8 Å². The lowest BCUT2D eigenvalue weighted by atomic mass is 9.98. The monoisotopic (exact) mass is 502 g/mol. The normalized spacial score (nSPS) is 11.1. The SMILES string of the molecule is CC(C)c1cccc2ncccc12.CC(C)c1ccnc2[nH]ccc12.CC(C)c1ccnc2ccccc12. The highest BCUT2D eigenvalue weighted by atomic mass is 14.8. The molecule has 0 amide bonds. The summed E-state index contributed by atoms with van der Waals surface area (Å²) in [6.07, 6.45) is 7.52. The molecule has 4 nitrogen and oxygen atoms in total. The summed E-state index contributed by atoms with van der Waals surface area (Å²) in [6, 6.07) is 25.0. The molecule has 0 radical (unpaired) electrons. The van der Waals surface area contributed by atoms with Gasteiger partial charge in [-0.2, -0.15) is 0 Å². The lowest BCUT2D eigenvalue weighted by molar-refractivity contribution is 0.874. The van der Waals surface area contributed by atoms with Crippen LogP contribution in [0.4, 0.5) is 0 Å². The van der Waals surface area contributed by atoms with Crippen LogP contribution in [0.3, 0.4) is 0 Å². The van der Waals surface area contributed by atoms with E-state index in [4.69, 9.17) is 0 Å². The Labute approximate surface area is 226 Å². The Bertz CT molecular complexity index is 1520. The fourth-order valence-corrected chi connectivity index (χ4v) is 4.74. The second-order valence-electron chi connectivity index (χ2n) is 10.4. The van der Waals surface area contributed by atoms with Gasteiger partial charge in [-0.05, 0) is 70.8 Å². The minimum atomic E-state index is 0.561. The highest BCUT2D eigenvalue weighted by Gasteiger charge is 2.06. The Morgan fingerprint density at radius 1 is 0.474 bits per heavy atom. The maximum atomic E-state index is 4.32. The maximum absolute atomic E-state index is 4.32. The predicted molar refractivity (Wildman–Crippen MR) is 162 cm³/mol. The van der Waals surface area contributed by atoms with Crippen molar-refractivity contribution in [1.29, 1.82) is 0 Å². The number of hydrogen-bond acceptors (Lipinski definition) is 3. The zero-order chi connectivity index (χ0) is 27.1. The maximum Gasteiger partial charge on any atom is 0.137 e. The van der Waals surface area contributed by atoms with E-state index in [0.29, 0.717) is 17.8 Å². The zero-order valence-electron chi connectivity index (χ0n) is 23.3. The number of nitrogens with one attached hydrogen (secondary N) is 1. The van der Waals surface area contributed by atoms with Crippen LogP contribution in [0, 0.1) is 0 Å². The molecule has 0 saturated carbocycles. The Kier molecular flexibility index (Phi) is 8.85. The van der Waals surface area contributed by atoms with E-state index in [1.807, 2.05) is 36.9 Å². The average molecular weight is 503 g/mol. The molecule has 4 heteroatoms. The van der Waals surface area contributed by atoms with Crippen LogP contribution in [-0.4, -0.2) is 19.9 Å². The summed E-state index contributed by atoms with van der Waals surface area (Å²) < 4.78 is 0. The van der Waals surface area contributed by atoms with Crippen molar-refractivity contribution in [2.75, 3.05) is 0 Å². The van der Waals surface area contributed by atoms with Crippen molar-refractivity contribution in [3.05, 3.63) is 114 Å². The molecular formula is C34H38N4. The van der Waals surface area contributed by atoms with Crippen molar-refractivity contribution >= 4 is 32.8 Å². The van der Waals surface area contributed by atoms with E-state index < -0.39 is 0 Å². The second-order valence-corrected chi connectivity index (χ2v) is 10.4. The smallest absolute Gasteiger partial charge is 0.137 e. The first kappa shape index (κ1) is 27.0. The highest BCUT2D eigenvalue weighted by molar-refractivity contribution is 5.83. The van der Waals surface area contributed by atoms with Crippen molar-refractivity contribution < 1.29 is 0 Å². The van der Waals surface area contributed by atoms with Crippen molar-refractivity contribution in [1.82, 2.24) is 19.9 Å². The molecule has 38 heavy (non-hydrogen) atoms. The van der Waals surface area contributed by atoms with Gasteiger partial charge in [-0.25, -0.2) is 4.98 Å². The predicted octanol–water partition coefficient (Wildman–Crippen LogP) is 9.40. The van der Waals surface area contributed by atoms with E-state index in [1.165, 1.54) is 32.8 Å². The molecule has 0 saturated heterocycles. The van der Waals surface area contributed by atoms with Crippen LogP contribution in [-0.2, 0) is 0 Å². The Balaban J connectivity index is 0.000000133. The molecule has 6 aromatic rings. The van der Waals surface area contributed by atoms with Crippen LogP contribution in [0.2, 0.25) is 0 Å². The fourth-order valence-electron chi connectivity index (χ4n) is 4.74. The van der Waals surface area contributed by atoms with E-state index in [1.54, 1.807) is 0 Å². The first-order valence-corrected chi connectivity index (χ1v) is 13.5. The molecule has 0 unspecified atom stereocenters. The van der Waals surface area contributed by atoms with E-state index in [-0.39, 0.29) is 0 Å². The van der Waals surface area contributed by atoms with Gasteiger partial charge in [0.2, 0.25) is 0 Å². The van der Waals surface area contributed by atoms with Gasteiger partial charge in [0.1, 0.15) is 5.65 Å². The minimum absolute atomic E-state index is 0.561. The van der Waals surface area contributed by atoms with Gasteiger partial charge in [0.15, 0.2) is 0 Å². The third kappa shape index (κ3) is 6.25. The minimum Gasteiger partial charge on any atom is -0.346 e. The van der Waals surface area contributed by atoms with Crippen molar-refractivity contribution in [2.24, 2.45) is 0 Å². The number of H-pyrrole nitrogens is 1. The molecule has 0 atom stereocenters. The van der Waals surface area contributed by atoms with Crippen LogP contribution in [0.1, 0.15) is 76.0 Å². The van der Waals surface area contributed by atoms with Gasteiger partial charge in [-0.1, -0.05) is 77.9 Å². The molecular weight excluding hydrogens is 464 g/mol. The summed E-state index contributed by atoms with van der Waals surface area (Å²) in [4.78, 5) is 16.0. The van der Waals surface area contributed by atoms with Crippen LogP contribution < -0.4 is 0 Å². The lowest BCUT2D eigenvalue weighted by Crippen LogP contribution is -1.90. The van der Waals surface area contributed by atoms with Crippen LogP contribution in [0.5, 0.6) is 0 Å². The molecule has 194 valence electrons. The van der Waals surface area contributed by atoms with Gasteiger partial charge < -0.3 is 4.98 Å². The third-order valence-corrected chi connectivity index (χ3v) is 6.72. The molecule has 0 aliphatic carbocycles. The van der Waals surface area contributed by atoms with Crippen LogP contribution in [0.15, 0.2) is 97.6 Å². The van der Waals surface area contributed by atoms with Crippen LogP contribution >= 0.6 is 0 Å². The topological polar surface area (TPSA) is 54.5 Å². The third-order valence-electron chi connectivity index (χ3n) is 6.72. The Morgan fingerprint density at radius 2 is 1.00 bits per heavy atom. The first-order chi connectivity index (χ1) is 18.4. The molecule has 0 bridgehead atoms. The standard InChI is InChI=1S/2C12H13N.C10H12N2/c1-9(2)10-5-3-7-12-11(10)6-4-8-13-12;1-9(2)10-7-8-13-12-6-4-3-5-11(10)12;1-7(2)8-3-5-11-10-9(8)4-6-12-10/h2*3-9H,1-2H3;3-7H,1-2H3,(H,11,12). The lowest BCUT2D eigenvalue weighted by Gasteiger charge is -2.08. The number of aromatic nitrogens is 4. The molecule has 4 heterocycles. The second kappa shape index (κ2) is 12.5.